The van der Waals surface area contributed by atoms with E-state index in [9.17, 15) is 19.2 Å². The van der Waals surface area contributed by atoms with Crippen LogP contribution in [0.3, 0.4) is 0 Å². The number of benzene rings is 2. The zero-order valence-corrected chi connectivity index (χ0v) is 25.0. The second-order valence-electron chi connectivity index (χ2n) is 10.2. The van der Waals surface area contributed by atoms with Crippen molar-refractivity contribution in [3.63, 3.8) is 0 Å². The van der Waals surface area contributed by atoms with Crippen LogP contribution in [-0.2, 0) is 49.3 Å². The van der Waals surface area contributed by atoms with Crippen LogP contribution in [0.5, 0.6) is 17.2 Å². The average Bonchev–Trinajstić information content (AvgIpc) is 3.43. The molecule has 0 aromatic heterocycles. The van der Waals surface area contributed by atoms with Crippen molar-refractivity contribution in [2.24, 2.45) is 0 Å². The second-order valence-corrected chi connectivity index (χ2v) is 10.2. The van der Waals surface area contributed by atoms with Crippen LogP contribution in [-0.4, -0.2) is 68.3 Å². The first-order valence-electron chi connectivity index (χ1n) is 13.9. The van der Waals surface area contributed by atoms with Crippen LogP contribution >= 0.6 is 0 Å². The normalized spacial score (nSPS) is 22.3. The third-order valence-electron chi connectivity index (χ3n) is 6.95. The molecule has 43 heavy (non-hydrogen) atoms. The van der Waals surface area contributed by atoms with E-state index >= 15 is 0 Å². The Morgan fingerprint density at radius 3 is 2.02 bits per heavy atom. The number of hydrogen-bond acceptors (Lipinski definition) is 12. The van der Waals surface area contributed by atoms with Crippen molar-refractivity contribution in [3.8, 4) is 17.2 Å². The lowest BCUT2D eigenvalue weighted by Gasteiger charge is -2.44. The summed E-state index contributed by atoms with van der Waals surface area (Å²) in [6, 6.07) is 9.56. The quantitative estimate of drug-likeness (QED) is 0.291. The molecule has 1 saturated heterocycles. The number of carbonyl (C=O) groups is 4. The minimum Gasteiger partial charge on any atom is -0.494 e. The Kier molecular flexibility index (Phi) is 10.1. The van der Waals surface area contributed by atoms with Gasteiger partial charge in [-0.15, -0.1) is 0 Å². The molecular weight excluding hydrogens is 564 g/mol. The first-order valence-corrected chi connectivity index (χ1v) is 13.9. The summed E-state index contributed by atoms with van der Waals surface area (Å²) in [7, 11) is 0. The Balaban J connectivity index is 1.82. The van der Waals surface area contributed by atoms with E-state index in [-0.39, 0.29) is 13.4 Å². The Morgan fingerprint density at radius 1 is 0.814 bits per heavy atom. The van der Waals surface area contributed by atoms with Gasteiger partial charge in [0, 0.05) is 33.3 Å². The molecule has 0 saturated carbocycles. The van der Waals surface area contributed by atoms with E-state index in [1.807, 2.05) is 44.2 Å². The number of hydrogen-bond donors (Lipinski definition) is 0. The average molecular weight is 601 g/mol. The molecule has 0 amide bonds. The van der Waals surface area contributed by atoms with Gasteiger partial charge in [-0.05, 0) is 55.2 Å². The summed E-state index contributed by atoms with van der Waals surface area (Å²) in [5.41, 5.74) is 3.17. The molecule has 0 bridgehead atoms. The molecule has 232 valence electrons. The van der Waals surface area contributed by atoms with Crippen molar-refractivity contribution < 1.29 is 57.1 Å². The molecule has 4 rings (SSSR count). The highest BCUT2D eigenvalue weighted by molar-refractivity contribution is 5.69. The molecule has 0 N–H and O–H groups in total. The van der Waals surface area contributed by atoms with Crippen LogP contribution in [0.1, 0.15) is 63.0 Å². The van der Waals surface area contributed by atoms with Gasteiger partial charge in [0.2, 0.25) is 6.79 Å². The molecule has 12 nitrogen and oxygen atoms in total. The SMILES string of the molecule is CCOc1ccc(Cc2cc([C@@H]3O[C@H](COC(C)=O)[C@@H](OC(C)=O)[C@H](OC(C)=O)[C@H]3OC(C)=O)c3c(c2C)OCO3)cc1. The molecule has 2 aliphatic rings. The van der Waals surface area contributed by atoms with Gasteiger partial charge >= 0.3 is 23.9 Å². The van der Waals surface area contributed by atoms with Gasteiger partial charge in [0.15, 0.2) is 29.8 Å². The van der Waals surface area contributed by atoms with Gasteiger partial charge in [-0.3, -0.25) is 19.2 Å². The summed E-state index contributed by atoms with van der Waals surface area (Å²) in [5, 5.41) is 0. The second kappa shape index (κ2) is 13.8. The summed E-state index contributed by atoms with van der Waals surface area (Å²) in [5.74, 6) is -1.09. The number of fused-ring (bicyclic) bond motifs is 1. The first kappa shape index (κ1) is 31.6. The van der Waals surface area contributed by atoms with Crippen molar-refractivity contribution in [2.75, 3.05) is 20.0 Å². The Morgan fingerprint density at radius 2 is 1.42 bits per heavy atom. The summed E-state index contributed by atoms with van der Waals surface area (Å²) < 4.78 is 45.7. The molecule has 2 heterocycles. The summed E-state index contributed by atoms with van der Waals surface area (Å²) >= 11 is 0. The van der Waals surface area contributed by atoms with Gasteiger partial charge < -0.3 is 37.9 Å². The Labute approximate surface area is 249 Å². The predicted molar refractivity (Wildman–Crippen MR) is 149 cm³/mol. The van der Waals surface area contributed by atoms with Crippen molar-refractivity contribution in [1.82, 2.24) is 0 Å². The van der Waals surface area contributed by atoms with E-state index in [1.54, 1.807) is 0 Å². The Bertz CT molecular complexity index is 1350. The van der Waals surface area contributed by atoms with Gasteiger partial charge in [-0.25, -0.2) is 0 Å². The maximum Gasteiger partial charge on any atom is 0.303 e. The predicted octanol–water partition coefficient (Wildman–Crippen LogP) is 3.51. The van der Waals surface area contributed by atoms with Crippen LogP contribution in [0.2, 0.25) is 0 Å². The number of carbonyl (C=O) groups excluding carboxylic acids is 4. The monoisotopic (exact) mass is 600 g/mol. The lowest BCUT2D eigenvalue weighted by atomic mass is 9.87. The van der Waals surface area contributed by atoms with Crippen LogP contribution in [0.25, 0.3) is 0 Å². The minimum absolute atomic E-state index is 0.0546. The molecular formula is C31H36O12. The van der Waals surface area contributed by atoms with Crippen molar-refractivity contribution in [3.05, 3.63) is 52.6 Å². The van der Waals surface area contributed by atoms with Crippen LogP contribution in [0.15, 0.2) is 30.3 Å². The van der Waals surface area contributed by atoms with Gasteiger partial charge in [-0.1, -0.05) is 12.1 Å². The largest absolute Gasteiger partial charge is 0.494 e. The lowest BCUT2D eigenvalue weighted by molar-refractivity contribution is -0.254. The highest BCUT2D eigenvalue weighted by Crippen LogP contribution is 2.48. The summed E-state index contributed by atoms with van der Waals surface area (Å²) in [6.45, 7) is 8.76. The van der Waals surface area contributed by atoms with Crippen LogP contribution in [0, 0.1) is 6.92 Å². The zero-order chi connectivity index (χ0) is 31.3. The molecule has 0 aliphatic carbocycles. The molecule has 1 fully saturated rings. The van der Waals surface area contributed by atoms with Gasteiger partial charge in [-0.2, -0.15) is 0 Å². The van der Waals surface area contributed by atoms with E-state index in [0.29, 0.717) is 30.1 Å². The number of ether oxygens (including phenoxy) is 8. The van der Waals surface area contributed by atoms with Gasteiger partial charge in [0.25, 0.3) is 0 Å². The fraction of sp³-hybridized carbons (Fsp3) is 0.484. The molecule has 0 radical (unpaired) electrons. The smallest absolute Gasteiger partial charge is 0.303 e. The topological polar surface area (TPSA) is 142 Å². The van der Waals surface area contributed by atoms with E-state index < -0.39 is 54.4 Å². The van der Waals surface area contributed by atoms with Gasteiger partial charge in [0.05, 0.1) is 6.61 Å². The van der Waals surface area contributed by atoms with Crippen molar-refractivity contribution in [2.45, 2.75) is 78.5 Å². The lowest BCUT2D eigenvalue weighted by Crippen LogP contribution is -2.59. The molecule has 2 aromatic carbocycles. The van der Waals surface area contributed by atoms with E-state index in [1.165, 1.54) is 27.7 Å². The van der Waals surface area contributed by atoms with Crippen LogP contribution < -0.4 is 14.2 Å². The fourth-order valence-corrected chi connectivity index (χ4v) is 5.24. The maximum absolute atomic E-state index is 12.4. The molecule has 2 aromatic rings. The fourth-order valence-electron chi connectivity index (χ4n) is 5.24. The highest BCUT2D eigenvalue weighted by atomic mass is 16.7. The standard InChI is InChI=1S/C31H36O12/c1-7-36-23-10-8-21(9-11-23)12-22-13-24(27-26(16(22)2)38-15-39-27)28-30(41-19(5)34)31(42-20(6)35)29(40-18(4)33)25(43-28)14-37-17(3)32/h8-11,13,25,28-31H,7,12,14-15H2,1-6H3/t25-,28+,29-,30+,31+/m1/s1. The first-order chi connectivity index (χ1) is 20.5. The van der Waals surface area contributed by atoms with Crippen molar-refractivity contribution in [1.29, 1.82) is 0 Å². The molecule has 12 heteroatoms. The van der Waals surface area contributed by atoms with Crippen LogP contribution in [0.4, 0.5) is 0 Å². The Hall–Kier alpha value is -4.32. The number of esters is 4. The maximum atomic E-state index is 12.4. The minimum atomic E-state index is -1.31. The number of rotatable bonds is 10. The summed E-state index contributed by atoms with van der Waals surface area (Å²) in [6.07, 6.45) is -5.53. The third kappa shape index (κ3) is 7.56. The van der Waals surface area contributed by atoms with E-state index in [0.717, 1.165) is 22.4 Å². The molecule has 2 aliphatic heterocycles. The van der Waals surface area contributed by atoms with E-state index in [2.05, 4.69) is 0 Å². The molecule has 0 unspecified atom stereocenters. The van der Waals surface area contributed by atoms with Gasteiger partial charge in [0.1, 0.15) is 24.6 Å². The highest BCUT2D eigenvalue weighted by Gasteiger charge is 2.53. The van der Waals surface area contributed by atoms with Crippen molar-refractivity contribution >= 4 is 23.9 Å². The molecule has 0 spiro atoms. The molecule has 5 atom stereocenters. The third-order valence-corrected chi connectivity index (χ3v) is 6.95. The zero-order valence-electron chi connectivity index (χ0n) is 25.0. The summed E-state index contributed by atoms with van der Waals surface area (Å²) in [4.78, 5) is 48.4. The van der Waals surface area contributed by atoms with E-state index in [4.69, 9.17) is 37.9 Å².